The van der Waals surface area contributed by atoms with Gasteiger partial charge in [-0.2, -0.15) is 17.0 Å². The number of nitrogens with zero attached hydrogens (tertiary/aromatic N) is 2. The van der Waals surface area contributed by atoms with Crippen LogP contribution >= 0.6 is 11.8 Å². The van der Waals surface area contributed by atoms with Gasteiger partial charge in [-0.05, 0) is 25.2 Å². The summed E-state index contributed by atoms with van der Waals surface area (Å²) in [7, 11) is 0. The SMILES string of the molecule is CSC1CCCCC1NCc1cccnc1C#N. The number of pyridine rings is 1. The van der Waals surface area contributed by atoms with Gasteiger partial charge in [0.05, 0.1) is 0 Å². The third kappa shape index (κ3) is 3.24. The molecule has 2 unspecified atom stereocenters. The average Bonchev–Trinajstić information content (AvgIpc) is 2.45. The number of aromatic nitrogens is 1. The maximum Gasteiger partial charge on any atom is 0.144 e. The molecule has 1 heterocycles. The standard InChI is InChI=1S/C14H19N3S/c1-18-14-7-3-2-6-12(14)17-10-11-5-4-8-16-13(11)9-15/h4-5,8,12,14,17H,2-3,6-7,10H2,1H3. The molecule has 1 fully saturated rings. The fraction of sp³-hybridized carbons (Fsp3) is 0.571. The fourth-order valence-corrected chi connectivity index (χ4v) is 3.50. The molecule has 96 valence electrons. The summed E-state index contributed by atoms with van der Waals surface area (Å²) in [5.74, 6) is 0. The predicted molar refractivity (Wildman–Crippen MR) is 75.4 cm³/mol. The minimum atomic E-state index is 0.543. The molecule has 0 amide bonds. The van der Waals surface area contributed by atoms with E-state index < -0.39 is 0 Å². The quantitative estimate of drug-likeness (QED) is 0.905. The van der Waals surface area contributed by atoms with Crippen LogP contribution in [0.25, 0.3) is 0 Å². The molecule has 1 saturated carbocycles. The highest BCUT2D eigenvalue weighted by Crippen LogP contribution is 2.27. The van der Waals surface area contributed by atoms with E-state index in [1.807, 2.05) is 23.9 Å². The van der Waals surface area contributed by atoms with Crippen LogP contribution in [0.1, 0.15) is 36.9 Å². The Labute approximate surface area is 113 Å². The number of nitrogens with one attached hydrogen (secondary N) is 1. The van der Waals surface area contributed by atoms with Gasteiger partial charge in [-0.3, -0.25) is 0 Å². The predicted octanol–water partition coefficient (Wildman–Crippen LogP) is 2.72. The Morgan fingerprint density at radius 1 is 1.50 bits per heavy atom. The van der Waals surface area contributed by atoms with Crippen molar-refractivity contribution in [1.82, 2.24) is 10.3 Å². The van der Waals surface area contributed by atoms with E-state index in [9.17, 15) is 0 Å². The van der Waals surface area contributed by atoms with Crippen molar-refractivity contribution >= 4 is 11.8 Å². The molecule has 0 saturated heterocycles. The van der Waals surface area contributed by atoms with Crippen LogP contribution in [-0.4, -0.2) is 22.5 Å². The molecule has 2 rings (SSSR count). The van der Waals surface area contributed by atoms with Gasteiger partial charge in [-0.15, -0.1) is 0 Å². The third-order valence-electron chi connectivity index (χ3n) is 3.56. The van der Waals surface area contributed by atoms with Crippen LogP contribution in [0.2, 0.25) is 0 Å². The van der Waals surface area contributed by atoms with Crippen molar-refractivity contribution in [3.8, 4) is 6.07 Å². The third-order valence-corrected chi connectivity index (χ3v) is 4.73. The van der Waals surface area contributed by atoms with E-state index in [4.69, 9.17) is 5.26 Å². The molecular weight excluding hydrogens is 242 g/mol. The first-order chi connectivity index (χ1) is 8.85. The molecule has 0 bridgehead atoms. The van der Waals surface area contributed by atoms with Crippen molar-refractivity contribution in [1.29, 1.82) is 5.26 Å². The molecule has 0 aliphatic heterocycles. The van der Waals surface area contributed by atoms with Gasteiger partial charge in [0, 0.05) is 29.6 Å². The summed E-state index contributed by atoms with van der Waals surface area (Å²) in [5.41, 5.74) is 1.55. The summed E-state index contributed by atoms with van der Waals surface area (Å²) in [6.45, 7) is 0.748. The van der Waals surface area contributed by atoms with Crippen molar-refractivity contribution in [3.63, 3.8) is 0 Å². The van der Waals surface area contributed by atoms with Crippen LogP contribution in [-0.2, 0) is 6.54 Å². The lowest BCUT2D eigenvalue weighted by atomic mass is 9.94. The molecule has 2 atom stereocenters. The van der Waals surface area contributed by atoms with Crippen LogP contribution in [0.3, 0.4) is 0 Å². The normalized spacial score (nSPS) is 23.6. The number of hydrogen-bond donors (Lipinski definition) is 1. The molecule has 1 N–H and O–H groups in total. The minimum Gasteiger partial charge on any atom is -0.309 e. The Kier molecular flexibility index (Phi) is 5.03. The summed E-state index contributed by atoms with van der Waals surface area (Å²) < 4.78 is 0. The van der Waals surface area contributed by atoms with Gasteiger partial charge in [0.2, 0.25) is 0 Å². The second kappa shape index (κ2) is 6.77. The van der Waals surface area contributed by atoms with E-state index in [0.29, 0.717) is 17.0 Å². The first kappa shape index (κ1) is 13.4. The van der Waals surface area contributed by atoms with E-state index in [1.165, 1.54) is 25.7 Å². The van der Waals surface area contributed by atoms with Crippen molar-refractivity contribution in [2.45, 2.75) is 43.5 Å². The molecule has 3 nitrogen and oxygen atoms in total. The summed E-state index contributed by atoms with van der Waals surface area (Å²) in [4.78, 5) is 4.09. The summed E-state index contributed by atoms with van der Waals surface area (Å²) >= 11 is 1.96. The van der Waals surface area contributed by atoms with Crippen molar-refractivity contribution in [3.05, 3.63) is 29.6 Å². The zero-order valence-corrected chi connectivity index (χ0v) is 11.5. The Hall–Kier alpha value is -1.05. The Morgan fingerprint density at radius 3 is 3.11 bits per heavy atom. The summed E-state index contributed by atoms with van der Waals surface area (Å²) in [6.07, 6.45) is 9.07. The second-order valence-electron chi connectivity index (χ2n) is 4.67. The van der Waals surface area contributed by atoms with Crippen molar-refractivity contribution < 1.29 is 0 Å². The van der Waals surface area contributed by atoms with Crippen LogP contribution in [0.4, 0.5) is 0 Å². The fourth-order valence-electron chi connectivity index (χ4n) is 2.54. The van der Waals surface area contributed by atoms with Gasteiger partial charge in [0.15, 0.2) is 0 Å². The Bertz CT molecular complexity index is 427. The lowest BCUT2D eigenvalue weighted by molar-refractivity contribution is 0.383. The monoisotopic (exact) mass is 261 g/mol. The van der Waals surface area contributed by atoms with E-state index >= 15 is 0 Å². The Balaban J connectivity index is 1.96. The van der Waals surface area contributed by atoms with Crippen LogP contribution < -0.4 is 5.32 Å². The van der Waals surface area contributed by atoms with Crippen LogP contribution in [0.5, 0.6) is 0 Å². The maximum absolute atomic E-state index is 9.01. The number of nitriles is 1. The topological polar surface area (TPSA) is 48.7 Å². The van der Waals surface area contributed by atoms with Crippen molar-refractivity contribution in [2.75, 3.05) is 6.26 Å². The first-order valence-corrected chi connectivity index (χ1v) is 7.74. The zero-order valence-electron chi connectivity index (χ0n) is 10.7. The second-order valence-corrected chi connectivity index (χ2v) is 5.75. The molecule has 1 aromatic rings. The minimum absolute atomic E-state index is 0.543. The molecule has 1 aromatic heterocycles. The molecule has 0 spiro atoms. The first-order valence-electron chi connectivity index (χ1n) is 6.45. The van der Waals surface area contributed by atoms with Gasteiger partial charge in [-0.25, -0.2) is 4.98 Å². The average molecular weight is 261 g/mol. The largest absolute Gasteiger partial charge is 0.309 e. The van der Waals surface area contributed by atoms with Crippen molar-refractivity contribution in [2.24, 2.45) is 0 Å². The number of rotatable bonds is 4. The van der Waals surface area contributed by atoms with Gasteiger partial charge in [0.1, 0.15) is 11.8 Å². The lowest BCUT2D eigenvalue weighted by Crippen LogP contribution is -2.40. The van der Waals surface area contributed by atoms with Gasteiger partial charge < -0.3 is 5.32 Å². The molecule has 1 aliphatic rings. The number of hydrogen-bond acceptors (Lipinski definition) is 4. The molecule has 18 heavy (non-hydrogen) atoms. The van der Waals surface area contributed by atoms with Crippen LogP contribution in [0, 0.1) is 11.3 Å². The van der Waals surface area contributed by atoms with Gasteiger partial charge in [-0.1, -0.05) is 18.9 Å². The highest BCUT2D eigenvalue weighted by molar-refractivity contribution is 7.99. The molecular formula is C14H19N3S. The van der Waals surface area contributed by atoms with E-state index in [0.717, 1.165) is 12.1 Å². The highest BCUT2D eigenvalue weighted by Gasteiger charge is 2.23. The zero-order chi connectivity index (χ0) is 12.8. The van der Waals surface area contributed by atoms with E-state index in [-0.39, 0.29) is 0 Å². The van der Waals surface area contributed by atoms with E-state index in [2.05, 4.69) is 22.6 Å². The number of thioether (sulfide) groups is 1. The Morgan fingerprint density at radius 2 is 2.33 bits per heavy atom. The summed E-state index contributed by atoms with van der Waals surface area (Å²) in [5, 5.41) is 13.3. The molecule has 0 aromatic carbocycles. The van der Waals surface area contributed by atoms with Crippen LogP contribution in [0.15, 0.2) is 18.3 Å². The smallest absolute Gasteiger partial charge is 0.144 e. The molecule has 0 radical (unpaired) electrons. The molecule has 4 heteroatoms. The lowest BCUT2D eigenvalue weighted by Gasteiger charge is -2.31. The van der Waals surface area contributed by atoms with E-state index in [1.54, 1.807) is 6.20 Å². The maximum atomic E-state index is 9.01. The van der Waals surface area contributed by atoms with Gasteiger partial charge in [0.25, 0.3) is 0 Å². The van der Waals surface area contributed by atoms with Gasteiger partial charge >= 0.3 is 0 Å². The molecule has 1 aliphatic carbocycles. The summed E-state index contributed by atoms with van der Waals surface area (Å²) in [6, 6.07) is 6.60. The highest BCUT2D eigenvalue weighted by atomic mass is 32.2.